The predicted molar refractivity (Wildman–Crippen MR) is 191 cm³/mol. The molecule has 51 heavy (non-hydrogen) atoms. The topological polar surface area (TPSA) is 112 Å². The molecule has 0 spiro atoms. The summed E-state index contributed by atoms with van der Waals surface area (Å²) in [6.45, 7) is 10.9. The van der Waals surface area contributed by atoms with Crippen LogP contribution in [0.1, 0.15) is 78.1 Å². The van der Waals surface area contributed by atoms with Gasteiger partial charge in [0.2, 0.25) is 0 Å². The molecule has 13 heteroatoms. The molecule has 4 aromatic rings. The third-order valence-corrected chi connectivity index (χ3v) is 11.4. The van der Waals surface area contributed by atoms with Crippen molar-refractivity contribution in [3.63, 3.8) is 0 Å². The first kappa shape index (κ1) is 33.6. The van der Waals surface area contributed by atoms with Crippen molar-refractivity contribution in [2.75, 3.05) is 49.1 Å². The molecule has 8 rings (SSSR count). The van der Waals surface area contributed by atoms with Crippen molar-refractivity contribution in [1.82, 2.24) is 30.0 Å². The number of nitrogens with one attached hydrogen (secondary N) is 1. The lowest BCUT2D eigenvalue weighted by Crippen LogP contribution is -2.43. The Morgan fingerprint density at radius 1 is 1.10 bits per heavy atom. The highest BCUT2D eigenvalue weighted by molar-refractivity contribution is 5.98. The molecular weight excluding hydrogens is 654 g/mol. The number of aromatic hydroxyl groups is 1. The van der Waals surface area contributed by atoms with E-state index in [0.29, 0.717) is 76.4 Å². The van der Waals surface area contributed by atoms with E-state index in [1.165, 1.54) is 6.07 Å². The maximum atomic E-state index is 15.1. The van der Waals surface area contributed by atoms with E-state index in [-0.39, 0.29) is 29.0 Å². The molecule has 2 aromatic carbocycles. The molecule has 2 N–H and O–H groups in total. The Labute approximate surface area is 296 Å². The van der Waals surface area contributed by atoms with Gasteiger partial charge in [-0.3, -0.25) is 14.4 Å². The number of ether oxygens (including phenoxy) is 1. The highest BCUT2D eigenvalue weighted by atomic mass is 19.1. The number of amides is 1. The van der Waals surface area contributed by atoms with Crippen LogP contribution in [0, 0.1) is 12.7 Å². The summed E-state index contributed by atoms with van der Waals surface area (Å²) in [5, 5.41) is 19.9. The summed E-state index contributed by atoms with van der Waals surface area (Å²) in [7, 11) is 0. The molecule has 0 radical (unpaired) electrons. The van der Waals surface area contributed by atoms with Crippen molar-refractivity contribution in [3.8, 4) is 11.8 Å². The fourth-order valence-electron chi connectivity index (χ4n) is 8.92. The minimum absolute atomic E-state index is 0.121. The van der Waals surface area contributed by atoms with Crippen LogP contribution in [-0.4, -0.2) is 86.7 Å². The van der Waals surface area contributed by atoms with Crippen LogP contribution in [0.2, 0.25) is 0 Å². The zero-order valence-corrected chi connectivity index (χ0v) is 29.6. The summed E-state index contributed by atoms with van der Waals surface area (Å²) in [4.78, 5) is 29.6. The SMILES string of the molecule is CCNC(=O)c1nn2c(c1C)CN(c1nc(OC[C@@]34CCCN3C[C@H](F)C4)nc3c1CCN(c1cc(O)cc4ccc(F)c(CC)c14)C3)CCC2. The number of benzene rings is 2. The van der Waals surface area contributed by atoms with Crippen LogP contribution in [0.25, 0.3) is 10.8 Å². The first-order chi connectivity index (χ1) is 24.7. The van der Waals surface area contributed by atoms with Crippen LogP contribution in [0.5, 0.6) is 11.8 Å². The van der Waals surface area contributed by atoms with E-state index in [9.17, 15) is 14.3 Å². The molecular formula is C38H46F2N8O3. The van der Waals surface area contributed by atoms with E-state index in [1.54, 1.807) is 18.2 Å². The number of phenolic OH excluding ortho intramolecular Hbond substituents is 1. The summed E-state index contributed by atoms with van der Waals surface area (Å²) in [5.74, 6) is 0.477. The number of aromatic nitrogens is 4. The van der Waals surface area contributed by atoms with Crippen LogP contribution in [0.4, 0.5) is 20.3 Å². The molecule has 1 amide bonds. The Morgan fingerprint density at radius 3 is 2.78 bits per heavy atom. The molecule has 4 aliphatic rings. The molecule has 2 aromatic heterocycles. The molecule has 0 saturated carbocycles. The summed E-state index contributed by atoms with van der Waals surface area (Å²) in [6, 6.07) is 6.84. The van der Waals surface area contributed by atoms with E-state index in [2.05, 4.69) is 20.0 Å². The number of fused-ring (bicyclic) bond motifs is 4. The Hall–Kier alpha value is -4.52. The second-order valence-electron chi connectivity index (χ2n) is 14.5. The fourth-order valence-corrected chi connectivity index (χ4v) is 8.92. The lowest BCUT2D eigenvalue weighted by Gasteiger charge is -2.35. The molecule has 0 unspecified atom stereocenters. The van der Waals surface area contributed by atoms with Crippen molar-refractivity contribution in [3.05, 3.63) is 63.9 Å². The number of rotatable bonds is 8. The van der Waals surface area contributed by atoms with E-state index in [0.717, 1.165) is 77.1 Å². The molecule has 2 atom stereocenters. The average Bonchev–Trinajstić information content (AvgIpc) is 3.69. The normalized spacial score (nSPS) is 21.8. The number of nitrogens with zero attached hydrogens (tertiary/aromatic N) is 7. The maximum absolute atomic E-state index is 15.1. The maximum Gasteiger partial charge on any atom is 0.318 e. The number of anilines is 2. The molecule has 0 bridgehead atoms. The van der Waals surface area contributed by atoms with Gasteiger partial charge in [-0.25, -0.2) is 8.78 Å². The van der Waals surface area contributed by atoms with E-state index >= 15 is 4.39 Å². The highest BCUT2D eigenvalue weighted by Crippen LogP contribution is 2.42. The molecule has 0 aliphatic carbocycles. The van der Waals surface area contributed by atoms with Gasteiger partial charge in [-0.05, 0) is 75.6 Å². The zero-order valence-electron chi connectivity index (χ0n) is 29.6. The van der Waals surface area contributed by atoms with Gasteiger partial charge in [0, 0.05) is 67.4 Å². The van der Waals surface area contributed by atoms with E-state index < -0.39 is 6.17 Å². The van der Waals surface area contributed by atoms with Crippen LogP contribution in [-0.2, 0) is 32.5 Å². The van der Waals surface area contributed by atoms with Gasteiger partial charge in [-0.15, -0.1) is 0 Å². The second-order valence-corrected chi connectivity index (χ2v) is 14.5. The van der Waals surface area contributed by atoms with Crippen LogP contribution < -0.4 is 19.9 Å². The van der Waals surface area contributed by atoms with Gasteiger partial charge in [-0.2, -0.15) is 15.1 Å². The number of alkyl halides is 1. The molecule has 270 valence electrons. The number of aryl methyl sites for hydroxylation is 2. The van der Waals surface area contributed by atoms with Gasteiger partial charge in [0.25, 0.3) is 5.91 Å². The fraction of sp³-hybridized carbons (Fsp3) is 0.526. The molecule has 4 aliphatic heterocycles. The first-order valence-electron chi connectivity index (χ1n) is 18.4. The summed E-state index contributed by atoms with van der Waals surface area (Å²) in [5.41, 5.74) is 5.13. The zero-order chi connectivity index (χ0) is 35.4. The Kier molecular flexibility index (Phi) is 8.72. The number of halogens is 2. The second kappa shape index (κ2) is 13.2. The lowest BCUT2D eigenvalue weighted by molar-refractivity contribution is 0.0949. The minimum Gasteiger partial charge on any atom is -0.508 e. The number of carbonyl (C=O) groups excluding carboxylic acids is 1. The van der Waals surface area contributed by atoms with Crippen molar-refractivity contribution in [2.24, 2.45) is 0 Å². The molecule has 2 saturated heterocycles. The number of hydrogen-bond donors (Lipinski definition) is 2. The van der Waals surface area contributed by atoms with Crippen molar-refractivity contribution in [1.29, 1.82) is 0 Å². The van der Waals surface area contributed by atoms with Crippen molar-refractivity contribution < 1.29 is 23.4 Å². The van der Waals surface area contributed by atoms with Crippen LogP contribution >= 0.6 is 0 Å². The molecule has 11 nitrogen and oxygen atoms in total. The third kappa shape index (κ3) is 5.92. The summed E-state index contributed by atoms with van der Waals surface area (Å²) < 4.78 is 38.2. The van der Waals surface area contributed by atoms with E-state index in [4.69, 9.17) is 19.8 Å². The predicted octanol–water partition coefficient (Wildman–Crippen LogP) is 5.22. The highest BCUT2D eigenvalue weighted by Gasteiger charge is 2.49. The number of carbonyl (C=O) groups is 1. The third-order valence-electron chi connectivity index (χ3n) is 11.4. The van der Waals surface area contributed by atoms with Crippen molar-refractivity contribution >= 4 is 28.2 Å². The van der Waals surface area contributed by atoms with Gasteiger partial charge < -0.3 is 25.0 Å². The minimum atomic E-state index is -0.869. The Bertz CT molecular complexity index is 2000. The van der Waals surface area contributed by atoms with Gasteiger partial charge in [-0.1, -0.05) is 13.0 Å². The monoisotopic (exact) mass is 700 g/mol. The first-order valence-corrected chi connectivity index (χ1v) is 18.4. The van der Waals surface area contributed by atoms with E-state index in [1.807, 2.05) is 25.5 Å². The average molecular weight is 701 g/mol. The molecule has 2 fully saturated rings. The van der Waals surface area contributed by atoms with Crippen LogP contribution in [0.3, 0.4) is 0 Å². The van der Waals surface area contributed by atoms with Gasteiger partial charge >= 0.3 is 6.01 Å². The largest absolute Gasteiger partial charge is 0.508 e. The summed E-state index contributed by atoms with van der Waals surface area (Å²) >= 11 is 0. The van der Waals surface area contributed by atoms with Gasteiger partial charge in [0.15, 0.2) is 5.69 Å². The van der Waals surface area contributed by atoms with Crippen molar-refractivity contribution in [2.45, 2.75) is 90.6 Å². The Balaban J connectivity index is 1.18. The lowest BCUT2D eigenvalue weighted by atomic mass is 9.95. The van der Waals surface area contributed by atoms with Crippen LogP contribution in [0.15, 0.2) is 24.3 Å². The standard InChI is InChI=1S/C38H46F2N8O3/c1-4-27-29(40)9-8-24-16-26(49)17-31(33(24)27)45-15-10-28-30(20-45)42-37(51-22-38-11-6-13-47(38)19-25(39)18-38)43-35(28)46-12-7-14-48-32(21-46)23(3)34(44-48)36(50)41-5-2/h8-9,16-17,25,49H,4-7,10-15,18-22H2,1-3H3,(H,41,50)/t25-,38+/m1/s1. The molecule has 6 heterocycles. The number of hydrogen-bond acceptors (Lipinski definition) is 9. The smallest absolute Gasteiger partial charge is 0.318 e. The number of phenols is 1. The quantitative estimate of drug-likeness (QED) is 0.256. The van der Waals surface area contributed by atoms with Gasteiger partial charge in [0.1, 0.15) is 30.2 Å². The van der Waals surface area contributed by atoms with Gasteiger partial charge in [0.05, 0.1) is 30.0 Å². The summed E-state index contributed by atoms with van der Waals surface area (Å²) in [6.07, 6.45) is 3.41. The Morgan fingerprint density at radius 2 is 1.96 bits per heavy atom.